The van der Waals surface area contributed by atoms with Crippen molar-refractivity contribution in [3.63, 3.8) is 0 Å². The summed E-state index contributed by atoms with van der Waals surface area (Å²) >= 11 is 0. The Hall–Kier alpha value is -1.24. The minimum Gasteiger partial charge on any atom is -0.385 e. The van der Waals surface area contributed by atoms with E-state index in [2.05, 4.69) is 42.6 Å². The van der Waals surface area contributed by atoms with Crippen LogP contribution in [0.15, 0.2) is 18.2 Å². The molecule has 1 N–H and O–H groups in total. The van der Waals surface area contributed by atoms with Crippen LogP contribution in [-0.4, -0.2) is 6.54 Å². The molecule has 0 spiro atoms. The molecule has 0 aliphatic heterocycles. The summed E-state index contributed by atoms with van der Waals surface area (Å²) in [6, 6.07) is 6.44. The topological polar surface area (TPSA) is 12.0 Å². The van der Waals surface area contributed by atoms with E-state index in [-0.39, 0.29) is 0 Å². The normalized spacial score (nSPS) is 12.1. The van der Waals surface area contributed by atoms with E-state index in [4.69, 9.17) is 0 Å². The summed E-state index contributed by atoms with van der Waals surface area (Å²) in [5.41, 5.74) is 3.92. The number of rotatable bonds is 2. The van der Waals surface area contributed by atoms with Gasteiger partial charge in [-0.2, -0.15) is 0 Å². The zero-order chi connectivity index (χ0) is 7.68. The van der Waals surface area contributed by atoms with Gasteiger partial charge in [-0.3, -0.25) is 0 Å². The number of hydrogen-bond donors (Lipinski definition) is 1. The largest absolute Gasteiger partial charge is 0.385 e. The first-order chi connectivity index (χ1) is 5.40. The Morgan fingerprint density at radius 1 is 1.18 bits per heavy atom. The van der Waals surface area contributed by atoms with Crippen molar-refractivity contribution in [2.75, 3.05) is 11.9 Å². The highest BCUT2D eigenvalue weighted by Crippen LogP contribution is 2.25. The Labute approximate surface area is 66.7 Å². The first kappa shape index (κ1) is 6.47. The molecule has 0 saturated carbocycles. The van der Waals surface area contributed by atoms with Crippen molar-refractivity contribution in [2.24, 2.45) is 0 Å². The van der Waals surface area contributed by atoms with E-state index >= 15 is 0 Å². The summed E-state index contributed by atoms with van der Waals surface area (Å²) in [5, 5.41) is 3.28. The van der Waals surface area contributed by atoms with Gasteiger partial charge in [0, 0.05) is 12.2 Å². The summed E-state index contributed by atoms with van der Waals surface area (Å²) < 4.78 is 0. The van der Waals surface area contributed by atoms with Gasteiger partial charge in [0.2, 0.25) is 0 Å². The molecule has 0 saturated heterocycles. The van der Waals surface area contributed by atoms with Crippen LogP contribution in [0.3, 0.4) is 0 Å². The molecule has 0 bridgehead atoms. The molecular formula is C10H11N. The lowest BCUT2D eigenvalue weighted by molar-refractivity contribution is 1.21. The van der Waals surface area contributed by atoms with E-state index in [0.29, 0.717) is 0 Å². The van der Waals surface area contributed by atoms with E-state index in [1.165, 1.54) is 16.8 Å². The highest BCUT2D eigenvalue weighted by molar-refractivity contribution is 5.87. The van der Waals surface area contributed by atoms with E-state index < -0.39 is 0 Å². The lowest BCUT2D eigenvalue weighted by atomic mass is 9.97. The van der Waals surface area contributed by atoms with Crippen LogP contribution < -0.4 is 5.32 Å². The smallest absolute Gasteiger partial charge is 0.0346 e. The van der Waals surface area contributed by atoms with Crippen molar-refractivity contribution in [1.29, 1.82) is 0 Å². The lowest BCUT2D eigenvalue weighted by Crippen LogP contribution is -1.98. The number of hydrogen-bond acceptors (Lipinski definition) is 1. The van der Waals surface area contributed by atoms with Crippen LogP contribution >= 0.6 is 0 Å². The second kappa shape index (κ2) is 2.42. The fourth-order valence-electron chi connectivity index (χ4n) is 1.27. The number of fused-ring (bicyclic) bond motifs is 1. The first-order valence-electron chi connectivity index (χ1n) is 3.96. The number of nitrogens with one attached hydrogen (secondary N) is 1. The van der Waals surface area contributed by atoms with Crippen LogP contribution in [-0.2, 0) is 0 Å². The highest BCUT2D eigenvalue weighted by atomic mass is 14.8. The third-order valence-electron chi connectivity index (χ3n) is 1.91. The van der Waals surface area contributed by atoms with Crippen LogP contribution in [0.2, 0.25) is 0 Å². The van der Waals surface area contributed by atoms with Gasteiger partial charge in [-0.05, 0) is 30.2 Å². The minimum atomic E-state index is 0.989. The van der Waals surface area contributed by atoms with Crippen LogP contribution in [0.5, 0.6) is 0 Å². The van der Waals surface area contributed by atoms with Crippen LogP contribution in [0.1, 0.15) is 18.1 Å². The third-order valence-corrected chi connectivity index (χ3v) is 1.91. The van der Waals surface area contributed by atoms with Gasteiger partial charge in [-0.15, -0.1) is 0 Å². The van der Waals surface area contributed by atoms with E-state index in [9.17, 15) is 0 Å². The molecule has 11 heavy (non-hydrogen) atoms. The maximum absolute atomic E-state index is 3.28. The van der Waals surface area contributed by atoms with Crippen molar-refractivity contribution in [2.45, 2.75) is 6.92 Å². The predicted molar refractivity (Wildman–Crippen MR) is 49.5 cm³/mol. The quantitative estimate of drug-likeness (QED) is 0.685. The third kappa shape index (κ3) is 1.03. The van der Waals surface area contributed by atoms with Gasteiger partial charge in [0.25, 0.3) is 0 Å². The fourth-order valence-corrected chi connectivity index (χ4v) is 1.27. The van der Waals surface area contributed by atoms with Crippen molar-refractivity contribution in [3.05, 3.63) is 29.3 Å². The van der Waals surface area contributed by atoms with Crippen LogP contribution in [0, 0.1) is 0 Å². The molecule has 0 aromatic heterocycles. The Kier molecular flexibility index (Phi) is 1.42. The van der Waals surface area contributed by atoms with E-state index in [1.807, 2.05) is 0 Å². The second-order valence-corrected chi connectivity index (χ2v) is 2.71. The minimum absolute atomic E-state index is 0.989. The number of anilines is 1. The van der Waals surface area contributed by atoms with Gasteiger partial charge < -0.3 is 5.32 Å². The molecule has 0 radical (unpaired) electrons. The molecule has 1 heteroatoms. The Morgan fingerprint density at radius 3 is 2.55 bits per heavy atom. The summed E-state index contributed by atoms with van der Waals surface area (Å²) in [5.74, 6) is 0. The predicted octanol–water partition coefficient (Wildman–Crippen LogP) is 2.60. The summed E-state index contributed by atoms with van der Waals surface area (Å²) in [6.07, 6.45) is 4.27. The van der Waals surface area contributed by atoms with Gasteiger partial charge in [0.15, 0.2) is 0 Å². The molecule has 0 unspecified atom stereocenters. The average Bonchev–Trinajstić information content (AvgIpc) is 1.96. The van der Waals surface area contributed by atoms with Crippen molar-refractivity contribution in [3.8, 4) is 0 Å². The fraction of sp³-hybridized carbons (Fsp3) is 0.200. The Bertz CT molecular complexity index is 300. The van der Waals surface area contributed by atoms with Crippen molar-refractivity contribution in [1.82, 2.24) is 0 Å². The SMILES string of the molecule is CCNc1ccc2c(c1)C=C2. The average molecular weight is 145 g/mol. The molecule has 0 heterocycles. The Balaban J connectivity index is 2.27. The van der Waals surface area contributed by atoms with Gasteiger partial charge in [0.1, 0.15) is 0 Å². The maximum atomic E-state index is 3.28. The maximum Gasteiger partial charge on any atom is 0.0346 e. The molecule has 2 rings (SSSR count). The zero-order valence-corrected chi connectivity index (χ0v) is 6.59. The van der Waals surface area contributed by atoms with Crippen LogP contribution in [0.4, 0.5) is 5.69 Å². The van der Waals surface area contributed by atoms with E-state index in [1.54, 1.807) is 0 Å². The summed E-state index contributed by atoms with van der Waals surface area (Å²) in [6.45, 7) is 3.09. The van der Waals surface area contributed by atoms with Gasteiger partial charge in [-0.1, -0.05) is 18.2 Å². The molecule has 1 aromatic carbocycles. The monoisotopic (exact) mass is 145 g/mol. The molecule has 0 amide bonds. The Morgan fingerprint density at radius 2 is 2.00 bits per heavy atom. The molecule has 1 aliphatic rings. The molecule has 0 atom stereocenters. The van der Waals surface area contributed by atoms with Gasteiger partial charge in [-0.25, -0.2) is 0 Å². The van der Waals surface area contributed by atoms with Gasteiger partial charge >= 0.3 is 0 Å². The lowest BCUT2D eigenvalue weighted by Gasteiger charge is -2.12. The number of benzene rings is 1. The molecule has 1 aromatic rings. The van der Waals surface area contributed by atoms with Crippen LogP contribution in [0.25, 0.3) is 12.2 Å². The van der Waals surface area contributed by atoms with Crippen molar-refractivity contribution < 1.29 is 0 Å². The molecule has 0 fully saturated rings. The molecule has 1 aliphatic carbocycles. The van der Waals surface area contributed by atoms with Crippen molar-refractivity contribution >= 4 is 17.8 Å². The summed E-state index contributed by atoms with van der Waals surface area (Å²) in [7, 11) is 0. The first-order valence-corrected chi connectivity index (χ1v) is 3.96. The highest BCUT2D eigenvalue weighted by Gasteiger charge is 2.04. The van der Waals surface area contributed by atoms with Gasteiger partial charge in [0.05, 0.1) is 0 Å². The molecular weight excluding hydrogens is 134 g/mol. The summed E-state index contributed by atoms with van der Waals surface area (Å²) in [4.78, 5) is 0. The second-order valence-electron chi connectivity index (χ2n) is 2.71. The van der Waals surface area contributed by atoms with E-state index in [0.717, 1.165) is 6.54 Å². The zero-order valence-electron chi connectivity index (χ0n) is 6.59. The molecule has 1 nitrogen and oxygen atoms in total. The molecule has 56 valence electrons. The standard InChI is InChI=1S/C10H11N/c1-2-11-10-6-5-8-3-4-9(8)7-10/h3-7,11H,2H2,1H3.